The Kier molecular flexibility index (Phi) is 5.78. The third kappa shape index (κ3) is 7.29. The predicted molar refractivity (Wildman–Crippen MR) is 43.4 cm³/mol. The largest absolute Gasteiger partial charge is 0.370 e. The summed E-state index contributed by atoms with van der Waals surface area (Å²) >= 11 is 0. The van der Waals surface area contributed by atoms with Gasteiger partial charge in [0.05, 0.1) is 6.61 Å². The van der Waals surface area contributed by atoms with Crippen LogP contribution in [0.2, 0.25) is 0 Å². The number of amides is 1. The fourth-order valence-electron chi connectivity index (χ4n) is 0.484. The Morgan fingerprint density at radius 1 is 1.55 bits per heavy atom. The van der Waals surface area contributed by atoms with Crippen molar-refractivity contribution < 1.29 is 9.53 Å². The van der Waals surface area contributed by atoms with E-state index in [2.05, 4.69) is 5.32 Å². The Morgan fingerprint density at radius 3 is 2.64 bits per heavy atom. The van der Waals surface area contributed by atoms with Gasteiger partial charge in [0.1, 0.15) is 6.61 Å². The van der Waals surface area contributed by atoms with Crippen LogP contribution in [0, 0.1) is 0 Å². The van der Waals surface area contributed by atoms with Crippen LogP contribution in [-0.4, -0.2) is 51.7 Å². The highest BCUT2D eigenvalue weighted by Crippen LogP contribution is 1.77. The van der Waals surface area contributed by atoms with Gasteiger partial charge in [-0.1, -0.05) is 0 Å². The lowest BCUT2D eigenvalue weighted by molar-refractivity contribution is -0.125. The standard InChI is InChI=1S/C7H16N2O2/c1-8-7(10)6-11-5-4-9(2)3/h4-6H2,1-3H3,(H,8,10). The van der Waals surface area contributed by atoms with Crippen molar-refractivity contribution in [2.75, 3.05) is 40.9 Å². The first-order valence-electron chi connectivity index (χ1n) is 3.60. The topological polar surface area (TPSA) is 41.6 Å². The maximum atomic E-state index is 10.6. The highest BCUT2D eigenvalue weighted by Gasteiger charge is 1.96. The minimum absolute atomic E-state index is 0.0799. The van der Waals surface area contributed by atoms with E-state index in [-0.39, 0.29) is 12.5 Å². The fourth-order valence-corrected chi connectivity index (χ4v) is 0.484. The molecule has 0 atom stereocenters. The third-order valence-corrected chi connectivity index (χ3v) is 1.19. The summed E-state index contributed by atoms with van der Waals surface area (Å²) in [7, 11) is 5.52. The summed E-state index contributed by atoms with van der Waals surface area (Å²) in [5.74, 6) is -0.0799. The zero-order chi connectivity index (χ0) is 8.69. The van der Waals surface area contributed by atoms with Crippen LogP contribution in [0.4, 0.5) is 0 Å². The molecule has 0 fully saturated rings. The monoisotopic (exact) mass is 160 g/mol. The van der Waals surface area contributed by atoms with Gasteiger partial charge in [-0.25, -0.2) is 0 Å². The molecule has 0 aromatic heterocycles. The molecule has 0 aromatic rings. The Morgan fingerprint density at radius 2 is 2.18 bits per heavy atom. The van der Waals surface area contributed by atoms with E-state index in [1.807, 2.05) is 19.0 Å². The number of hydrogen-bond acceptors (Lipinski definition) is 3. The number of likely N-dealkylation sites (N-methyl/N-ethyl adjacent to an activating group) is 2. The van der Waals surface area contributed by atoms with Crippen LogP contribution in [-0.2, 0) is 9.53 Å². The average molecular weight is 160 g/mol. The molecule has 0 saturated heterocycles. The number of nitrogens with one attached hydrogen (secondary N) is 1. The molecule has 0 aliphatic heterocycles. The fraction of sp³-hybridized carbons (Fsp3) is 0.857. The Labute approximate surface area is 67.5 Å². The predicted octanol–water partition coefficient (Wildman–Crippen LogP) is -0.689. The smallest absolute Gasteiger partial charge is 0.245 e. The second-order valence-electron chi connectivity index (χ2n) is 2.53. The maximum Gasteiger partial charge on any atom is 0.245 e. The molecular formula is C7H16N2O2. The molecule has 0 aliphatic carbocycles. The molecule has 0 aromatic carbocycles. The quantitative estimate of drug-likeness (QED) is 0.541. The van der Waals surface area contributed by atoms with E-state index < -0.39 is 0 Å². The van der Waals surface area contributed by atoms with E-state index in [0.717, 1.165) is 6.54 Å². The van der Waals surface area contributed by atoms with E-state index in [1.54, 1.807) is 7.05 Å². The van der Waals surface area contributed by atoms with Crippen molar-refractivity contribution >= 4 is 5.91 Å². The summed E-state index contributed by atoms with van der Waals surface area (Å²) in [6.07, 6.45) is 0. The SMILES string of the molecule is CNC(=O)COCCN(C)C. The van der Waals surface area contributed by atoms with Gasteiger partial charge in [-0.05, 0) is 14.1 Å². The van der Waals surface area contributed by atoms with Gasteiger partial charge in [0.25, 0.3) is 0 Å². The number of hydrogen-bond donors (Lipinski definition) is 1. The Bertz CT molecular complexity index is 115. The second kappa shape index (κ2) is 6.12. The number of rotatable bonds is 5. The van der Waals surface area contributed by atoms with Gasteiger partial charge in [-0.3, -0.25) is 4.79 Å². The zero-order valence-corrected chi connectivity index (χ0v) is 7.39. The van der Waals surface area contributed by atoms with E-state index in [0.29, 0.717) is 6.61 Å². The van der Waals surface area contributed by atoms with Crippen molar-refractivity contribution in [1.82, 2.24) is 10.2 Å². The molecule has 11 heavy (non-hydrogen) atoms. The number of carbonyl (C=O) groups excluding carboxylic acids is 1. The minimum Gasteiger partial charge on any atom is -0.370 e. The van der Waals surface area contributed by atoms with Crippen LogP contribution in [0.25, 0.3) is 0 Å². The molecule has 0 radical (unpaired) electrons. The van der Waals surface area contributed by atoms with Crippen molar-refractivity contribution in [1.29, 1.82) is 0 Å². The van der Waals surface area contributed by atoms with Gasteiger partial charge in [-0.2, -0.15) is 0 Å². The van der Waals surface area contributed by atoms with Crippen LogP contribution in [0.3, 0.4) is 0 Å². The summed E-state index contributed by atoms with van der Waals surface area (Å²) in [6.45, 7) is 1.60. The second-order valence-corrected chi connectivity index (χ2v) is 2.53. The molecule has 0 bridgehead atoms. The molecule has 0 saturated carbocycles. The molecule has 0 spiro atoms. The van der Waals surface area contributed by atoms with E-state index in [9.17, 15) is 4.79 Å². The van der Waals surface area contributed by atoms with Crippen LogP contribution in [0.15, 0.2) is 0 Å². The van der Waals surface area contributed by atoms with Crippen molar-refractivity contribution in [3.05, 3.63) is 0 Å². The number of nitrogens with zero attached hydrogens (tertiary/aromatic N) is 1. The molecule has 66 valence electrons. The molecule has 4 heteroatoms. The van der Waals surface area contributed by atoms with Crippen molar-refractivity contribution in [2.45, 2.75) is 0 Å². The van der Waals surface area contributed by atoms with Gasteiger partial charge in [-0.15, -0.1) is 0 Å². The number of ether oxygens (including phenoxy) is 1. The minimum atomic E-state index is -0.0799. The summed E-state index contributed by atoms with van der Waals surface area (Å²) < 4.78 is 5.04. The molecule has 4 nitrogen and oxygen atoms in total. The van der Waals surface area contributed by atoms with Gasteiger partial charge in [0, 0.05) is 13.6 Å². The summed E-state index contributed by atoms with van der Waals surface area (Å²) in [5.41, 5.74) is 0. The van der Waals surface area contributed by atoms with Gasteiger partial charge < -0.3 is 15.0 Å². The first kappa shape index (κ1) is 10.4. The van der Waals surface area contributed by atoms with Crippen LogP contribution >= 0.6 is 0 Å². The van der Waals surface area contributed by atoms with E-state index in [4.69, 9.17) is 4.74 Å². The van der Waals surface area contributed by atoms with Crippen molar-refractivity contribution in [3.8, 4) is 0 Å². The molecule has 0 rings (SSSR count). The first-order chi connectivity index (χ1) is 5.16. The van der Waals surface area contributed by atoms with E-state index in [1.165, 1.54) is 0 Å². The lowest BCUT2D eigenvalue weighted by Gasteiger charge is -2.08. The summed E-state index contributed by atoms with van der Waals surface area (Å²) in [5, 5.41) is 2.48. The Hall–Kier alpha value is -0.610. The molecule has 1 N–H and O–H groups in total. The third-order valence-electron chi connectivity index (χ3n) is 1.19. The van der Waals surface area contributed by atoms with Crippen molar-refractivity contribution in [2.24, 2.45) is 0 Å². The summed E-state index contributed by atoms with van der Waals surface area (Å²) in [6, 6.07) is 0. The normalized spacial score (nSPS) is 10.2. The lowest BCUT2D eigenvalue weighted by Crippen LogP contribution is -2.26. The highest BCUT2D eigenvalue weighted by atomic mass is 16.5. The van der Waals surface area contributed by atoms with Crippen molar-refractivity contribution in [3.63, 3.8) is 0 Å². The molecular weight excluding hydrogens is 144 g/mol. The summed E-state index contributed by atoms with van der Waals surface area (Å²) in [4.78, 5) is 12.6. The van der Waals surface area contributed by atoms with Gasteiger partial charge in [0.15, 0.2) is 0 Å². The van der Waals surface area contributed by atoms with Gasteiger partial charge >= 0.3 is 0 Å². The van der Waals surface area contributed by atoms with Crippen LogP contribution in [0.5, 0.6) is 0 Å². The van der Waals surface area contributed by atoms with Crippen LogP contribution in [0.1, 0.15) is 0 Å². The zero-order valence-electron chi connectivity index (χ0n) is 7.39. The molecule has 0 unspecified atom stereocenters. The number of carbonyl (C=O) groups is 1. The van der Waals surface area contributed by atoms with E-state index >= 15 is 0 Å². The molecule has 1 amide bonds. The highest BCUT2D eigenvalue weighted by molar-refractivity contribution is 5.76. The molecule has 0 heterocycles. The van der Waals surface area contributed by atoms with Crippen LogP contribution < -0.4 is 5.32 Å². The molecule has 0 aliphatic rings. The lowest BCUT2D eigenvalue weighted by atomic mass is 10.6. The Balaban J connectivity index is 3.08. The first-order valence-corrected chi connectivity index (χ1v) is 3.60. The maximum absolute atomic E-state index is 10.6. The average Bonchev–Trinajstić information content (AvgIpc) is 1.97. The van der Waals surface area contributed by atoms with Gasteiger partial charge in [0.2, 0.25) is 5.91 Å².